The van der Waals surface area contributed by atoms with Crippen LogP contribution >= 0.6 is 34.5 Å². The molecular formula is C21H25Cl2N3OS. The Kier molecular flexibility index (Phi) is 6.46. The highest BCUT2D eigenvalue weighted by Gasteiger charge is 2.22. The van der Waals surface area contributed by atoms with Gasteiger partial charge in [-0.2, -0.15) is 0 Å². The molecule has 4 rings (SSSR count). The van der Waals surface area contributed by atoms with Crippen molar-refractivity contribution >= 4 is 46.4 Å². The van der Waals surface area contributed by atoms with Crippen LogP contribution in [0.4, 0.5) is 5.69 Å². The van der Waals surface area contributed by atoms with Crippen LogP contribution in [0.2, 0.25) is 10.0 Å². The van der Waals surface area contributed by atoms with E-state index in [1.807, 2.05) is 12.3 Å². The van der Waals surface area contributed by atoms with Crippen LogP contribution in [0.15, 0.2) is 28.6 Å². The standard InChI is InChI=1S/C21H25Cl2N3OS/c1-15-13-28-20-12-24-14-26(21(15)20)8-2-7-25-9-5-16(6-10-25)27-17-3-4-18(22)19(23)11-17/h3-4,11-13,16H,2,5-10,14H2,1H3. The first-order valence-corrected chi connectivity index (χ1v) is 11.4. The molecule has 1 saturated heterocycles. The van der Waals surface area contributed by atoms with Gasteiger partial charge in [0.1, 0.15) is 18.5 Å². The third-order valence-electron chi connectivity index (χ3n) is 5.38. The molecule has 0 atom stereocenters. The van der Waals surface area contributed by atoms with Crippen LogP contribution in [-0.2, 0) is 0 Å². The first-order chi connectivity index (χ1) is 13.6. The second-order valence-electron chi connectivity index (χ2n) is 7.44. The van der Waals surface area contributed by atoms with E-state index in [0.29, 0.717) is 10.0 Å². The van der Waals surface area contributed by atoms with Gasteiger partial charge in [-0.25, -0.2) is 0 Å². The molecule has 3 heterocycles. The molecule has 1 aromatic carbocycles. The molecule has 0 saturated carbocycles. The Balaban J connectivity index is 1.20. The van der Waals surface area contributed by atoms with Crippen LogP contribution in [0.3, 0.4) is 0 Å². The maximum atomic E-state index is 6.09. The molecule has 0 unspecified atom stereocenters. The average Bonchev–Trinajstić information content (AvgIpc) is 3.08. The number of aryl methyl sites for hydroxylation is 1. The quantitative estimate of drug-likeness (QED) is 0.597. The fourth-order valence-electron chi connectivity index (χ4n) is 3.91. The fraction of sp³-hybridized carbons (Fsp3) is 0.476. The lowest BCUT2D eigenvalue weighted by molar-refractivity contribution is 0.100. The second kappa shape index (κ2) is 9.04. The smallest absolute Gasteiger partial charge is 0.121 e. The van der Waals surface area contributed by atoms with E-state index in [0.717, 1.165) is 57.9 Å². The van der Waals surface area contributed by atoms with Gasteiger partial charge >= 0.3 is 0 Å². The van der Waals surface area contributed by atoms with E-state index in [2.05, 4.69) is 27.1 Å². The van der Waals surface area contributed by atoms with Gasteiger partial charge in [0.15, 0.2) is 0 Å². The molecule has 0 aliphatic carbocycles. The van der Waals surface area contributed by atoms with E-state index in [4.69, 9.17) is 27.9 Å². The number of benzene rings is 1. The predicted octanol–water partition coefficient (Wildman–Crippen LogP) is 5.49. The summed E-state index contributed by atoms with van der Waals surface area (Å²) < 4.78 is 6.09. The lowest BCUT2D eigenvalue weighted by Gasteiger charge is -2.33. The summed E-state index contributed by atoms with van der Waals surface area (Å²) in [5.74, 6) is 0.806. The highest BCUT2D eigenvalue weighted by molar-refractivity contribution is 7.12. The van der Waals surface area contributed by atoms with Gasteiger partial charge in [0.25, 0.3) is 0 Å². The van der Waals surface area contributed by atoms with Crippen LogP contribution in [0, 0.1) is 6.92 Å². The third-order valence-corrected chi connectivity index (χ3v) is 7.14. The molecule has 0 amide bonds. The Morgan fingerprint density at radius 3 is 2.79 bits per heavy atom. The number of piperidine rings is 1. The molecule has 2 aliphatic rings. The molecule has 0 bridgehead atoms. The number of thiophene rings is 1. The van der Waals surface area contributed by atoms with Gasteiger partial charge in [0.05, 0.1) is 20.6 Å². The Morgan fingerprint density at radius 2 is 2.00 bits per heavy atom. The minimum absolute atomic E-state index is 0.251. The largest absolute Gasteiger partial charge is 0.490 e. The number of anilines is 1. The number of halogens is 2. The normalized spacial score (nSPS) is 17.8. The van der Waals surface area contributed by atoms with Gasteiger partial charge in [-0.1, -0.05) is 23.2 Å². The SMILES string of the molecule is Cc1csc2c1N(CCCN1CCC(Oc3ccc(Cl)c(Cl)c3)CC1)CN=C2. The molecule has 0 spiro atoms. The second-order valence-corrected chi connectivity index (χ2v) is 9.16. The van der Waals surface area contributed by atoms with Crippen molar-refractivity contribution in [3.05, 3.63) is 44.1 Å². The lowest BCUT2D eigenvalue weighted by Crippen LogP contribution is -2.39. The van der Waals surface area contributed by atoms with E-state index in [1.54, 1.807) is 23.5 Å². The fourth-order valence-corrected chi connectivity index (χ4v) is 5.15. The third kappa shape index (κ3) is 4.65. The van der Waals surface area contributed by atoms with E-state index in [-0.39, 0.29) is 6.10 Å². The van der Waals surface area contributed by atoms with Crippen molar-refractivity contribution < 1.29 is 4.74 Å². The minimum atomic E-state index is 0.251. The summed E-state index contributed by atoms with van der Waals surface area (Å²) in [5.41, 5.74) is 2.75. The minimum Gasteiger partial charge on any atom is -0.490 e. The number of fused-ring (bicyclic) bond motifs is 1. The van der Waals surface area contributed by atoms with E-state index < -0.39 is 0 Å². The molecule has 7 heteroatoms. The molecule has 2 aliphatic heterocycles. The number of likely N-dealkylation sites (tertiary alicyclic amines) is 1. The summed E-state index contributed by atoms with van der Waals surface area (Å²) in [4.78, 5) is 10.8. The number of rotatable bonds is 6. The van der Waals surface area contributed by atoms with Crippen molar-refractivity contribution in [2.45, 2.75) is 32.3 Å². The predicted molar refractivity (Wildman–Crippen MR) is 120 cm³/mol. The van der Waals surface area contributed by atoms with Crippen molar-refractivity contribution in [2.75, 3.05) is 37.7 Å². The molecular weight excluding hydrogens is 413 g/mol. The zero-order valence-electron chi connectivity index (χ0n) is 16.0. The maximum Gasteiger partial charge on any atom is 0.121 e. The van der Waals surface area contributed by atoms with Crippen LogP contribution in [-0.4, -0.2) is 50.1 Å². The summed E-state index contributed by atoms with van der Waals surface area (Å²) in [6, 6.07) is 5.49. The number of hydrogen-bond acceptors (Lipinski definition) is 5. The number of hydrogen-bond donors (Lipinski definition) is 0. The number of ether oxygens (including phenoxy) is 1. The molecule has 1 aromatic heterocycles. The highest BCUT2D eigenvalue weighted by atomic mass is 35.5. The molecule has 2 aromatic rings. The topological polar surface area (TPSA) is 28.1 Å². The van der Waals surface area contributed by atoms with Crippen LogP contribution in [0.25, 0.3) is 0 Å². The summed E-state index contributed by atoms with van der Waals surface area (Å²) in [6.45, 7) is 7.31. The molecule has 4 nitrogen and oxygen atoms in total. The van der Waals surface area contributed by atoms with Crippen molar-refractivity contribution in [3.8, 4) is 5.75 Å². The summed E-state index contributed by atoms with van der Waals surface area (Å²) in [5, 5.41) is 3.34. The van der Waals surface area contributed by atoms with Crippen LogP contribution in [0.1, 0.15) is 29.7 Å². The Bertz CT molecular complexity index is 846. The first-order valence-electron chi connectivity index (χ1n) is 9.77. The molecule has 0 radical (unpaired) electrons. The van der Waals surface area contributed by atoms with E-state index >= 15 is 0 Å². The first kappa shape index (κ1) is 20.0. The van der Waals surface area contributed by atoms with Gasteiger partial charge in [0, 0.05) is 31.9 Å². The molecule has 1 fully saturated rings. The Hall–Kier alpha value is -1.27. The average molecular weight is 438 g/mol. The zero-order chi connectivity index (χ0) is 19.5. The number of nitrogens with zero attached hydrogens (tertiary/aromatic N) is 3. The highest BCUT2D eigenvalue weighted by Crippen LogP contribution is 2.32. The molecule has 150 valence electrons. The summed E-state index contributed by atoms with van der Waals surface area (Å²) >= 11 is 13.8. The van der Waals surface area contributed by atoms with Crippen LogP contribution < -0.4 is 9.64 Å². The monoisotopic (exact) mass is 437 g/mol. The van der Waals surface area contributed by atoms with Crippen molar-refractivity contribution in [1.82, 2.24) is 4.90 Å². The Morgan fingerprint density at radius 1 is 1.18 bits per heavy atom. The van der Waals surface area contributed by atoms with Gasteiger partial charge in [-0.15, -0.1) is 11.3 Å². The van der Waals surface area contributed by atoms with Gasteiger partial charge < -0.3 is 14.5 Å². The number of aliphatic imine (C=N–C) groups is 1. The maximum absolute atomic E-state index is 6.09. The zero-order valence-corrected chi connectivity index (χ0v) is 18.4. The van der Waals surface area contributed by atoms with Crippen molar-refractivity contribution in [2.24, 2.45) is 4.99 Å². The van der Waals surface area contributed by atoms with E-state index in [9.17, 15) is 0 Å². The van der Waals surface area contributed by atoms with Crippen LogP contribution in [0.5, 0.6) is 5.75 Å². The van der Waals surface area contributed by atoms with Crippen molar-refractivity contribution in [3.63, 3.8) is 0 Å². The Labute approximate surface area is 180 Å². The summed E-state index contributed by atoms with van der Waals surface area (Å²) in [7, 11) is 0. The van der Waals surface area contributed by atoms with E-state index in [1.165, 1.54) is 16.1 Å². The molecule has 28 heavy (non-hydrogen) atoms. The summed E-state index contributed by atoms with van der Waals surface area (Å²) in [6.07, 6.45) is 5.51. The van der Waals surface area contributed by atoms with Crippen molar-refractivity contribution in [1.29, 1.82) is 0 Å². The van der Waals surface area contributed by atoms with Gasteiger partial charge in [0.2, 0.25) is 0 Å². The van der Waals surface area contributed by atoms with Gasteiger partial charge in [-0.3, -0.25) is 4.99 Å². The van der Waals surface area contributed by atoms with Gasteiger partial charge in [-0.05, 0) is 55.8 Å². The molecule has 0 N–H and O–H groups in total. The lowest BCUT2D eigenvalue weighted by atomic mass is 10.1.